The fourth-order valence-electron chi connectivity index (χ4n) is 2.76. The maximum atomic E-state index is 5.81. The number of thioether (sulfide) groups is 1. The average Bonchev–Trinajstić information content (AvgIpc) is 3.33. The molecule has 0 aliphatic heterocycles. The molecule has 0 bridgehead atoms. The topological polar surface area (TPSA) is 51.8 Å². The van der Waals surface area contributed by atoms with Crippen LogP contribution >= 0.6 is 23.1 Å². The van der Waals surface area contributed by atoms with Gasteiger partial charge in [-0.25, -0.2) is 0 Å². The first-order chi connectivity index (χ1) is 12.7. The highest BCUT2D eigenvalue weighted by Crippen LogP contribution is 2.32. The van der Waals surface area contributed by atoms with Crippen LogP contribution in [-0.2, 0) is 6.42 Å². The number of hydrogen-bond donors (Lipinski definition) is 0. The molecule has 0 saturated carbocycles. The molecule has 6 heteroatoms. The second-order valence-electron chi connectivity index (χ2n) is 6.26. The molecule has 0 N–H and O–H groups in total. The SMILES string of the molecule is CC(Sc1nnc(Cc2cccs2)o1)C(C)c1ccc2ccccc2n1. The highest BCUT2D eigenvalue weighted by molar-refractivity contribution is 7.99. The summed E-state index contributed by atoms with van der Waals surface area (Å²) in [5.74, 6) is 0.941. The van der Waals surface area contributed by atoms with Gasteiger partial charge in [-0.3, -0.25) is 4.98 Å². The van der Waals surface area contributed by atoms with Crippen LogP contribution < -0.4 is 0 Å². The Morgan fingerprint density at radius 1 is 1.04 bits per heavy atom. The Hall–Kier alpha value is -2.18. The standard InChI is InChI=1S/C20H19N3OS2/c1-13(17-10-9-15-6-3-4-8-18(15)21-17)14(2)26-20-23-22-19(24-20)12-16-7-5-11-25-16/h3-11,13-14H,12H2,1-2H3. The van der Waals surface area contributed by atoms with Crippen LogP contribution in [0.25, 0.3) is 10.9 Å². The third-order valence-corrected chi connectivity index (χ3v) is 6.45. The summed E-state index contributed by atoms with van der Waals surface area (Å²) in [6.45, 7) is 4.37. The van der Waals surface area contributed by atoms with E-state index >= 15 is 0 Å². The van der Waals surface area contributed by atoms with Crippen LogP contribution in [0.3, 0.4) is 0 Å². The van der Waals surface area contributed by atoms with E-state index in [1.54, 1.807) is 23.1 Å². The number of nitrogens with zero attached hydrogens (tertiary/aromatic N) is 3. The van der Waals surface area contributed by atoms with E-state index in [0.717, 1.165) is 11.2 Å². The van der Waals surface area contributed by atoms with Gasteiger partial charge in [-0.05, 0) is 23.6 Å². The number of fused-ring (bicyclic) bond motifs is 1. The molecule has 4 rings (SSSR count). The van der Waals surface area contributed by atoms with Crippen molar-refractivity contribution in [3.63, 3.8) is 0 Å². The monoisotopic (exact) mass is 381 g/mol. The molecule has 2 unspecified atom stereocenters. The lowest BCUT2D eigenvalue weighted by Crippen LogP contribution is -2.10. The predicted molar refractivity (Wildman–Crippen MR) is 107 cm³/mol. The second-order valence-corrected chi connectivity index (χ2v) is 8.62. The summed E-state index contributed by atoms with van der Waals surface area (Å²) in [6, 6.07) is 16.6. The van der Waals surface area contributed by atoms with Crippen molar-refractivity contribution in [2.45, 2.75) is 36.7 Å². The predicted octanol–water partition coefficient (Wildman–Crippen LogP) is 5.55. The van der Waals surface area contributed by atoms with Crippen molar-refractivity contribution in [1.29, 1.82) is 0 Å². The van der Waals surface area contributed by atoms with E-state index in [9.17, 15) is 0 Å². The Labute approximate surface area is 160 Å². The summed E-state index contributed by atoms with van der Waals surface area (Å²) < 4.78 is 5.81. The molecule has 3 heterocycles. The lowest BCUT2D eigenvalue weighted by molar-refractivity contribution is 0.419. The van der Waals surface area contributed by atoms with E-state index in [4.69, 9.17) is 9.40 Å². The average molecular weight is 382 g/mol. The zero-order chi connectivity index (χ0) is 17.9. The molecule has 132 valence electrons. The van der Waals surface area contributed by atoms with Gasteiger partial charge in [0.1, 0.15) is 0 Å². The third-order valence-electron chi connectivity index (χ3n) is 4.43. The highest BCUT2D eigenvalue weighted by atomic mass is 32.2. The minimum absolute atomic E-state index is 0.275. The molecule has 0 spiro atoms. The van der Waals surface area contributed by atoms with E-state index < -0.39 is 0 Å². The van der Waals surface area contributed by atoms with Crippen LogP contribution in [0, 0.1) is 0 Å². The van der Waals surface area contributed by atoms with Crippen LogP contribution in [0.15, 0.2) is 63.6 Å². The molecule has 0 fully saturated rings. The van der Waals surface area contributed by atoms with Crippen molar-refractivity contribution in [2.24, 2.45) is 0 Å². The van der Waals surface area contributed by atoms with Crippen LogP contribution in [0.2, 0.25) is 0 Å². The van der Waals surface area contributed by atoms with Gasteiger partial charge < -0.3 is 4.42 Å². The number of rotatable bonds is 6. The number of para-hydroxylation sites is 1. The third kappa shape index (κ3) is 3.81. The number of hydrogen-bond acceptors (Lipinski definition) is 6. The van der Waals surface area contributed by atoms with Gasteiger partial charge in [0.15, 0.2) is 0 Å². The molecule has 0 radical (unpaired) electrons. The Kier molecular flexibility index (Phi) is 5.04. The van der Waals surface area contributed by atoms with E-state index in [1.165, 1.54) is 10.3 Å². The first-order valence-corrected chi connectivity index (χ1v) is 10.3. The summed E-state index contributed by atoms with van der Waals surface area (Å²) in [7, 11) is 0. The number of pyridine rings is 1. The van der Waals surface area contributed by atoms with Crippen LogP contribution in [0.5, 0.6) is 0 Å². The summed E-state index contributed by atoms with van der Waals surface area (Å²) in [4.78, 5) is 6.04. The molecule has 0 aliphatic rings. The van der Waals surface area contributed by atoms with Crippen LogP contribution in [0.1, 0.15) is 36.2 Å². The van der Waals surface area contributed by atoms with Gasteiger partial charge in [0.25, 0.3) is 5.22 Å². The Balaban J connectivity index is 1.45. The quantitative estimate of drug-likeness (QED) is 0.410. The van der Waals surface area contributed by atoms with E-state index in [1.807, 2.05) is 18.2 Å². The molecular formula is C20H19N3OS2. The summed E-state index contributed by atoms with van der Waals surface area (Å²) in [5.41, 5.74) is 2.12. The first kappa shape index (κ1) is 17.2. The second kappa shape index (κ2) is 7.60. The number of benzene rings is 1. The van der Waals surface area contributed by atoms with Gasteiger partial charge in [-0.2, -0.15) is 0 Å². The minimum atomic E-state index is 0.275. The summed E-state index contributed by atoms with van der Waals surface area (Å²) >= 11 is 3.31. The Bertz CT molecular complexity index is 997. The molecule has 4 aromatic rings. The normalized spacial score (nSPS) is 13.8. The van der Waals surface area contributed by atoms with Crippen molar-refractivity contribution in [3.05, 3.63) is 70.4 Å². The summed E-state index contributed by atoms with van der Waals surface area (Å²) in [6.07, 6.45) is 0.696. The number of aromatic nitrogens is 3. The molecular weight excluding hydrogens is 362 g/mol. The van der Waals surface area contributed by atoms with Crippen molar-refractivity contribution >= 4 is 34.0 Å². The molecule has 2 atom stereocenters. The molecule has 4 nitrogen and oxygen atoms in total. The van der Waals surface area contributed by atoms with Crippen molar-refractivity contribution < 1.29 is 4.42 Å². The molecule has 3 aromatic heterocycles. The first-order valence-electron chi connectivity index (χ1n) is 8.56. The van der Waals surface area contributed by atoms with Gasteiger partial charge in [0, 0.05) is 27.1 Å². The van der Waals surface area contributed by atoms with Gasteiger partial charge in [-0.1, -0.05) is 55.9 Å². The van der Waals surface area contributed by atoms with E-state index in [0.29, 0.717) is 17.5 Å². The van der Waals surface area contributed by atoms with Crippen LogP contribution in [0.4, 0.5) is 0 Å². The summed E-state index contributed by atoms with van der Waals surface area (Å²) in [5, 5.41) is 12.5. The van der Waals surface area contributed by atoms with E-state index in [-0.39, 0.29) is 11.2 Å². The van der Waals surface area contributed by atoms with E-state index in [2.05, 4.69) is 59.8 Å². The van der Waals surface area contributed by atoms with Gasteiger partial charge in [0.2, 0.25) is 5.89 Å². The molecule has 0 aliphatic carbocycles. The molecule has 0 amide bonds. The van der Waals surface area contributed by atoms with Gasteiger partial charge in [-0.15, -0.1) is 21.5 Å². The van der Waals surface area contributed by atoms with Crippen molar-refractivity contribution in [2.75, 3.05) is 0 Å². The van der Waals surface area contributed by atoms with Gasteiger partial charge >= 0.3 is 0 Å². The highest BCUT2D eigenvalue weighted by Gasteiger charge is 2.20. The van der Waals surface area contributed by atoms with Gasteiger partial charge in [0.05, 0.1) is 11.9 Å². The fourth-order valence-corrected chi connectivity index (χ4v) is 4.35. The Morgan fingerprint density at radius 2 is 1.92 bits per heavy atom. The zero-order valence-corrected chi connectivity index (χ0v) is 16.3. The maximum absolute atomic E-state index is 5.81. The smallest absolute Gasteiger partial charge is 0.276 e. The lowest BCUT2D eigenvalue weighted by atomic mass is 10.0. The van der Waals surface area contributed by atoms with Crippen molar-refractivity contribution in [1.82, 2.24) is 15.2 Å². The fraction of sp³-hybridized carbons (Fsp3) is 0.250. The van der Waals surface area contributed by atoms with Crippen LogP contribution in [-0.4, -0.2) is 20.4 Å². The molecule has 1 aromatic carbocycles. The largest absolute Gasteiger partial charge is 0.416 e. The zero-order valence-electron chi connectivity index (χ0n) is 14.6. The Morgan fingerprint density at radius 3 is 2.77 bits per heavy atom. The minimum Gasteiger partial charge on any atom is -0.416 e. The lowest BCUT2D eigenvalue weighted by Gasteiger charge is -2.17. The number of thiophene rings is 1. The molecule has 0 saturated heterocycles. The van der Waals surface area contributed by atoms with Crippen molar-refractivity contribution in [3.8, 4) is 0 Å². The molecule has 26 heavy (non-hydrogen) atoms. The maximum Gasteiger partial charge on any atom is 0.276 e.